The summed E-state index contributed by atoms with van der Waals surface area (Å²) in [6.45, 7) is 2.02. The Labute approximate surface area is 124 Å². The highest BCUT2D eigenvalue weighted by Gasteiger charge is 2.30. The number of hydrogen-bond donors (Lipinski definition) is 1. The maximum absolute atomic E-state index is 12.7. The summed E-state index contributed by atoms with van der Waals surface area (Å²) in [6, 6.07) is 3.85. The lowest BCUT2D eigenvalue weighted by Crippen LogP contribution is -2.07. The number of hydrogen-bond acceptors (Lipinski definition) is 2. The molecule has 1 aromatic heterocycles. The molecule has 0 aliphatic rings. The van der Waals surface area contributed by atoms with E-state index in [0.717, 1.165) is 29.8 Å². The van der Waals surface area contributed by atoms with Gasteiger partial charge in [-0.1, -0.05) is 0 Å². The number of thioether (sulfide) groups is 1. The molecule has 0 bridgehead atoms. The van der Waals surface area contributed by atoms with Crippen molar-refractivity contribution in [2.24, 2.45) is 0 Å². The first-order chi connectivity index (χ1) is 9.34. The zero-order chi connectivity index (χ0) is 14.9. The third-order valence-electron chi connectivity index (χ3n) is 3.22. The summed E-state index contributed by atoms with van der Waals surface area (Å²) >= 11 is 6.97. The molecule has 7 heteroatoms. The van der Waals surface area contributed by atoms with Crippen molar-refractivity contribution in [3.63, 3.8) is 0 Å². The van der Waals surface area contributed by atoms with E-state index in [-0.39, 0.29) is 6.04 Å². The number of imidazole rings is 1. The minimum atomic E-state index is -4.34. The van der Waals surface area contributed by atoms with E-state index in [0.29, 0.717) is 10.3 Å². The Hall–Kier alpha value is -0.950. The Morgan fingerprint density at radius 3 is 2.70 bits per heavy atom. The summed E-state index contributed by atoms with van der Waals surface area (Å²) in [5.41, 5.74) is 0.489. The van der Waals surface area contributed by atoms with Gasteiger partial charge in [0, 0.05) is 6.04 Å². The first-order valence-electron chi connectivity index (χ1n) is 6.15. The molecule has 1 heterocycles. The quantitative estimate of drug-likeness (QED) is 0.797. The molecule has 0 saturated heterocycles. The highest BCUT2D eigenvalue weighted by atomic mass is 32.2. The Kier molecular flexibility index (Phi) is 4.49. The van der Waals surface area contributed by atoms with Gasteiger partial charge in [-0.15, -0.1) is 0 Å². The van der Waals surface area contributed by atoms with Gasteiger partial charge in [0.2, 0.25) is 0 Å². The first kappa shape index (κ1) is 15.4. The SMILES string of the molecule is CSCCC(C)n1c(=S)[nH]c2cc(C(F)(F)F)ccc21. The van der Waals surface area contributed by atoms with Gasteiger partial charge in [-0.05, 0) is 55.8 Å². The molecule has 1 atom stereocenters. The normalized spacial score (nSPS) is 13.8. The van der Waals surface area contributed by atoms with Crippen molar-refractivity contribution in [3.8, 4) is 0 Å². The number of nitrogens with zero attached hydrogens (tertiary/aromatic N) is 1. The average molecular weight is 320 g/mol. The van der Waals surface area contributed by atoms with E-state index in [4.69, 9.17) is 12.2 Å². The smallest absolute Gasteiger partial charge is 0.331 e. The molecule has 0 amide bonds. The Bertz CT molecular complexity index is 658. The molecule has 0 aliphatic heterocycles. The van der Waals surface area contributed by atoms with Gasteiger partial charge in [0.05, 0.1) is 16.6 Å². The Morgan fingerprint density at radius 2 is 2.10 bits per heavy atom. The van der Waals surface area contributed by atoms with Gasteiger partial charge in [0.1, 0.15) is 0 Å². The van der Waals surface area contributed by atoms with Crippen LogP contribution in [0.4, 0.5) is 13.2 Å². The van der Waals surface area contributed by atoms with Crippen molar-refractivity contribution in [2.75, 3.05) is 12.0 Å². The summed E-state index contributed by atoms with van der Waals surface area (Å²) in [4.78, 5) is 2.87. The van der Waals surface area contributed by atoms with Crippen molar-refractivity contribution in [1.82, 2.24) is 9.55 Å². The zero-order valence-corrected chi connectivity index (χ0v) is 12.8. The molecule has 20 heavy (non-hydrogen) atoms. The van der Waals surface area contributed by atoms with Crippen molar-refractivity contribution >= 4 is 35.0 Å². The van der Waals surface area contributed by atoms with Gasteiger partial charge in [-0.25, -0.2) is 0 Å². The van der Waals surface area contributed by atoms with Crippen LogP contribution in [0, 0.1) is 4.77 Å². The van der Waals surface area contributed by atoms with E-state index in [1.54, 1.807) is 11.8 Å². The van der Waals surface area contributed by atoms with Crippen molar-refractivity contribution in [2.45, 2.75) is 25.6 Å². The fraction of sp³-hybridized carbons (Fsp3) is 0.462. The molecule has 2 rings (SSSR count). The number of alkyl halides is 3. The third kappa shape index (κ3) is 3.03. The van der Waals surface area contributed by atoms with Gasteiger partial charge in [0.15, 0.2) is 4.77 Å². The van der Waals surface area contributed by atoms with E-state index in [1.165, 1.54) is 6.07 Å². The molecule has 2 nitrogen and oxygen atoms in total. The number of H-pyrrole nitrogens is 1. The van der Waals surface area contributed by atoms with Crippen molar-refractivity contribution in [1.29, 1.82) is 0 Å². The topological polar surface area (TPSA) is 20.7 Å². The second-order valence-corrected chi connectivity index (χ2v) is 6.03. The van der Waals surface area contributed by atoms with Crippen LogP contribution in [0.25, 0.3) is 11.0 Å². The largest absolute Gasteiger partial charge is 0.416 e. The maximum Gasteiger partial charge on any atom is 0.416 e. The number of aromatic nitrogens is 2. The highest BCUT2D eigenvalue weighted by Crippen LogP contribution is 2.32. The molecular formula is C13H15F3N2S2. The van der Waals surface area contributed by atoms with Gasteiger partial charge < -0.3 is 9.55 Å². The summed E-state index contributed by atoms with van der Waals surface area (Å²) in [5.74, 6) is 0.982. The number of benzene rings is 1. The standard InChI is InChI=1S/C13H15F3N2S2/c1-8(5-6-20-2)18-11-4-3-9(13(14,15)16)7-10(11)17-12(18)19/h3-4,7-8H,5-6H2,1-2H3,(H,17,19). The number of nitrogens with one attached hydrogen (secondary N) is 1. The molecular weight excluding hydrogens is 305 g/mol. The fourth-order valence-corrected chi connectivity index (χ4v) is 3.13. The van der Waals surface area contributed by atoms with Crippen molar-refractivity contribution in [3.05, 3.63) is 28.5 Å². The molecule has 1 unspecified atom stereocenters. The van der Waals surface area contributed by atoms with E-state index >= 15 is 0 Å². The maximum atomic E-state index is 12.7. The van der Waals surface area contributed by atoms with Crippen LogP contribution >= 0.6 is 24.0 Å². The van der Waals surface area contributed by atoms with E-state index < -0.39 is 11.7 Å². The number of aromatic amines is 1. The summed E-state index contributed by atoms with van der Waals surface area (Å²) in [6.07, 6.45) is -1.39. The summed E-state index contributed by atoms with van der Waals surface area (Å²) < 4.78 is 40.5. The zero-order valence-electron chi connectivity index (χ0n) is 11.1. The third-order valence-corrected chi connectivity index (χ3v) is 4.17. The molecule has 0 saturated carbocycles. The Morgan fingerprint density at radius 1 is 1.40 bits per heavy atom. The lowest BCUT2D eigenvalue weighted by atomic mass is 10.2. The Balaban J connectivity index is 2.48. The van der Waals surface area contributed by atoms with Crippen molar-refractivity contribution < 1.29 is 13.2 Å². The van der Waals surface area contributed by atoms with Crippen LogP contribution in [-0.2, 0) is 6.18 Å². The lowest BCUT2D eigenvalue weighted by molar-refractivity contribution is -0.137. The minimum Gasteiger partial charge on any atom is -0.331 e. The van der Waals surface area contributed by atoms with Crippen LogP contribution in [0.1, 0.15) is 24.9 Å². The van der Waals surface area contributed by atoms with Crippen LogP contribution in [0.15, 0.2) is 18.2 Å². The summed E-state index contributed by atoms with van der Waals surface area (Å²) in [5, 5.41) is 0. The molecule has 0 radical (unpaired) electrons. The predicted octanol–water partition coefficient (Wildman–Crippen LogP) is 5.03. The van der Waals surface area contributed by atoms with Crippen LogP contribution in [-0.4, -0.2) is 21.6 Å². The molecule has 2 aromatic rings. The van der Waals surface area contributed by atoms with E-state index in [9.17, 15) is 13.2 Å². The lowest BCUT2D eigenvalue weighted by Gasteiger charge is -2.14. The number of fused-ring (bicyclic) bond motifs is 1. The molecule has 0 fully saturated rings. The van der Waals surface area contributed by atoms with Gasteiger partial charge in [0.25, 0.3) is 0 Å². The van der Waals surface area contributed by atoms with Gasteiger partial charge >= 0.3 is 6.18 Å². The van der Waals surface area contributed by atoms with Crippen LogP contribution in [0.5, 0.6) is 0 Å². The van der Waals surface area contributed by atoms with Crippen LogP contribution < -0.4 is 0 Å². The van der Waals surface area contributed by atoms with Gasteiger partial charge in [-0.3, -0.25) is 0 Å². The average Bonchev–Trinajstić information content (AvgIpc) is 2.69. The summed E-state index contributed by atoms with van der Waals surface area (Å²) in [7, 11) is 0. The second kappa shape index (κ2) is 5.81. The van der Waals surface area contributed by atoms with Crippen LogP contribution in [0.3, 0.4) is 0 Å². The molecule has 0 aliphatic carbocycles. The number of halogens is 3. The predicted molar refractivity (Wildman–Crippen MR) is 79.8 cm³/mol. The minimum absolute atomic E-state index is 0.153. The monoisotopic (exact) mass is 320 g/mol. The molecule has 0 spiro atoms. The fourth-order valence-electron chi connectivity index (χ4n) is 2.16. The van der Waals surface area contributed by atoms with E-state index in [2.05, 4.69) is 4.98 Å². The van der Waals surface area contributed by atoms with Crippen LogP contribution in [0.2, 0.25) is 0 Å². The second-order valence-electron chi connectivity index (χ2n) is 4.66. The number of rotatable bonds is 4. The molecule has 1 N–H and O–H groups in total. The molecule has 1 aromatic carbocycles. The molecule has 110 valence electrons. The van der Waals surface area contributed by atoms with Gasteiger partial charge in [-0.2, -0.15) is 24.9 Å². The highest BCUT2D eigenvalue weighted by molar-refractivity contribution is 7.98. The van der Waals surface area contributed by atoms with E-state index in [1.807, 2.05) is 17.7 Å². The first-order valence-corrected chi connectivity index (χ1v) is 7.95.